The Kier molecular flexibility index (Phi) is 5.87. The third kappa shape index (κ3) is 4.24. The van der Waals surface area contributed by atoms with Gasteiger partial charge in [0.15, 0.2) is 5.82 Å². The molecule has 0 saturated heterocycles. The van der Waals surface area contributed by atoms with Gasteiger partial charge in [-0.1, -0.05) is 11.6 Å². The third-order valence-electron chi connectivity index (χ3n) is 4.53. The van der Waals surface area contributed by atoms with Crippen LogP contribution in [-0.4, -0.2) is 41.3 Å². The SMILES string of the molecule is COc1cc(OC)cc(C(=O)NCCc2csc3nc(-c4ccc(Cl)cc4)nn23)c1. The number of aromatic nitrogens is 3. The van der Waals surface area contributed by atoms with Gasteiger partial charge in [-0.15, -0.1) is 16.4 Å². The fraction of sp³-hybridized carbons (Fsp3) is 0.190. The number of benzene rings is 2. The first-order chi connectivity index (χ1) is 14.6. The van der Waals surface area contributed by atoms with Gasteiger partial charge in [0.05, 0.1) is 19.9 Å². The molecule has 2 aromatic carbocycles. The molecule has 2 heterocycles. The molecule has 0 aliphatic heterocycles. The molecule has 0 saturated carbocycles. The number of nitrogens with zero attached hydrogens (tertiary/aromatic N) is 3. The molecule has 1 amide bonds. The first kappa shape index (κ1) is 20.2. The van der Waals surface area contributed by atoms with Crippen LogP contribution in [0.2, 0.25) is 5.02 Å². The minimum atomic E-state index is -0.195. The summed E-state index contributed by atoms with van der Waals surface area (Å²) in [5.74, 6) is 1.58. The summed E-state index contributed by atoms with van der Waals surface area (Å²) in [4.78, 5) is 17.9. The molecule has 154 valence electrons. The molecule has 9 heteroatoms. The highest BCUT2D eigenvalue weighted by Crippen LogP contribution is 2.23. The number of methoxy groups -OCH3 is 2. The zero-order valence-corrected chi connectivity index (χ0v) is 18.0. The van der Waals surface area contributed by atoms with E-state index in [0.29, 0.717) is 40.9 Å². The van der Waals surface area contributed by atoms with Gasteiger partial charge in [0.2, 0.25) is 4.96 Å². The minimum Gasteiger partial charge on any atom is -0.497 e. The molecule has 0 aliphatic carbocycles. The molecule has 0 unspecified atom stereocenters. The van der Waals surface area contributed by atoms with E-state index < -0.39 is 0 Å². The van der Waals surface area contributed by atoms with Gasteiger partial charge in [-0.3, -0.25) is 4.79 Å². The van der Waals surface area contributed by atoms with Crippen LogP contribution in [0.4, 0.5) is 0 Å². The highest BCUT2D eigenvalue weighted by atomic mass is 35.5. The molecule has 0 radical (unpaired) electrons. The Morgan fingerprint density at radius 1 is 1.13 bits per heavy atom. The molecule has 0 bridgehead atoms. The van der Waals surface area contributed by atoms with Gasteiger partial charge in [-0.25, -0.2) is 4.52 Å². The van der Waals surface area contributed by atoms with Crippen LogP contribution in [0.5, 0.6) is 11.5 Å². The quantitative estimate of drug-likeness (QED) is 0.466. The van der Waals surface area contributed by atoms with E-state index in [2.05, 4.69) is 15.4 Å². The Balaban J connectivity index is 1.44. The first-order valence-corrected chi connectivity index (χ1v) is 10.4. The number of amides is 1. The van der Waals surface area contributed by atoms with Gasteiger partial charge in [-0.05, 0) is 36.4 Å². The van der Waals surface area contributed by atoms with Crippen molar-refractivity contribution >= 4 is 33.8 Å². The summed E-state index contributed by atoms with van der Waals surface area (Å²) in [5.41, 5.74) is 2.36. The normalized spacial score (nSPS) is 10.9. The maximum absolute atomic E-state index is 12.5. The highest BCUT2D eigenvalue weighted by molar-refractivity contribution is 7.15. The zero-order valence-electron chi connectivity index (χ0n) is 16.4. The van der Waals surface area contributed by atoms with Crippen LogP contribution >= 0.6 is 22.9 Å². The third-order valence-corrected chi connectivity index (χ3v) is 5.65. The number of carbonyl (C=O) groups is 1. The average molecular weight is 443 g/mol. The Hall–Kier alpha value is -3.10. The number of hydrogen-bond donors (Lipinski definition) is 1. The van der Waals surface area contributed by atoms with Crippen molar-refractivity contribution in [3.8, 4) is 22.9 Å². The van der Waals surface area contributed by atoms with Gasteiger partial charge in [0.25, 0.3) is 5.91 Å². The van der Waals surface area contributed by atoms with Crippen LogP contribution in [0.1, 0.15) is 16.1 Å². The van der Waals surface area contributed by atoms with E-state index >= 15 is 0 Å². The van der Waals surface area contributed by atoms with Crippen molar-refractivity contribution in [3.63, 3.8) is 0 Å². The topological polar surface area (TPSA) is 77.8 Å². The molecule has 2 aromatic heterocycles. The smallest absolute Gasteiger partial charge is 0.251 e. The van der Waals surface area contributed by atoms with Crippen LogP contribution in [-0.2, 0) is 6.42 Å². The van der Waals surface area contributed by atoms with Crippen molar-refractivity contribution in [2.24, 2.45) is 0 Å². The van der Waals surface area contributed by atoms with Gasteiger partial charge in [0, 0.05) is 40.6 Å². The molecule has 4 rings (SSSR count). The van der Waals surface area contributed by atoms with E-state index in [1.165, 1.54) is 11.3 Å². The number of ether oxygens (including phenoxy) is 2. The molecule has 7 nitrogen and oxygen atoms in total. The monoisotopic (exact) mass is 442 g/mol. The Labute approximate surface area is 182 Å². The molecule has 0 aliphatic rings. The maximum Gasteiger partial charge on any atom is 0.251 e. The predicted molar refractivity (Wildman–Crippen MR) is 117 cm³/mol. The van der Waals surface area contributed by atoms with Crippen molar-refractivity contribution in [3.05, 3.63) is 64.1 Å². The highest BCUT2D eigenvalue weighted by Gasteiger charge is 2.13. The Morgan fingerprint density at radius 3 is 2.50 bits per heavy atom. The number of rotatable bonds is 7. The fourth-order valence-electron chi connectivity index (χ4n) is 2.96. The standard InChI is InChI=1S/C21H19ClN4O3S/c1-28-17-9-14(10-18(11-17)29-2)20(27)23-8-7-16-12-30-21-24-19(25-26(16)21)13-3-5-15(22)6-4-13/h3-6,9-12H,7-8H2,1-2H3,(H,23,27). The van der Waals surface area contributed by atoms with Crippen molar-refractivity contribution in [1.82, 2.24) is 19.9 Å². The lowest BCUT2D eigenvalue weighted by Crippen LogP contribution is -2.26. The van der Waals surface area contributed by atoms with Crippen LogP contribution in [0.15, 0.2) is 47.8 Å². The van der Waals surface area contributed by atoms with Crippen LogP contribution < -0.4 is 14.8 Å². The van der Waals surface area contributed by atoms with Crippen molar-refractivity contribution < 1.29 is 14.3 Å². The maximum atomic E-state index is 12.5. The van der Waals surface area contributed by atoms with Crippen molar-refractivity contribution in [2.45, 2.75) is 6.42 Å². The second-order valence-electron chi connectivity index (χ2n) is 6.47. The zero-order chi connectivity index (χ0) is 21.1. The molecule has 0 atom stereocenters. The van der Waals surface area contributed by atoms with E-state index in [0.717, 1.165) is 16.2 Å². The summed E-state index contributed by atoms with van der Waals surface area (Å²) < 4.78 is 12.3. The lowest BCUT2D eigenvalue weighted by atomic mass is 10.2. The summed E-state index contributed by atoms with van der Waals surface area (Å²) in [5, 5.41) is 10.2. The van der Waals surface area contributed by atoms with Gasteiger partial charge >= 0.3 is 0 Å². The lowest BCUT2D eigenvalue weighted by Gasteiger charge is -2.09. The van der Waals surface area contributed by atoms with E-state index in [1.54, 1.807) is 32.4 Å². The van der Waals surface area contributed by atoms with Crippen LogP contribution in [0.3, 0.4) is 0 Å². The Morgan fingerprint density at radius 2 is 1.83 bits per heavy atom. The second kappa shape index (κ2) is 8.73. The summed E-state index contributed by atoms with van der Waals surface area (Å²) in [6.45, 7) is 0.459. The summed E-state index contributed by atoms with van der Waals surface area (Å²) in [6, 6.07) is 12.5. The molecule has 0 spiro atoms. The second-order valence-corrected chi connectivity index (χ2v) is 7.74. The number of carbonyl (C=O) groups excluding carboxylic acids is 1. The molecular weight excluding hydrogens is 424 g/mol. The number of hydrogen-bond acceptors (Lipinski definition) is 6. The minimum absolute atomic E-state index is 0.195. The van der Waals surface area contributed by atoms with E-state index in [9.17, 15) is 4.79 Å². The molecule has 4 aromatic rings. The largest absolute Gasteiger partial charge is 0.497 e. The first-order valence-electron chi connectivity index (χ1n) is 9.17. The molecule has 0 fully saturated rings. The van der Waals surface area contributed by atoms with E-state index in [1.807, 2.05) is 34.2 Å². The summed E-state index contributed by atoms with van der Waals surface area (Å²) in [6.07, 6.45) is 0.621. The van der Waals surface area contributed by atoms with Crippen LogP contribution in [0.25, 0.3) is 16.3 Å². The summed E-state index contributed by atoms with van der Waals surface area (Å²) >= 11 is 7.47. The summed E-state index contributed by atoms with van der Waals surface area (Å²) in [7, 11) is 3.10. The molecule has 30 heavy (non-hydrogen) atoms. The lowest BCUT2D eigenvalue weighted by molar-refractivity contribution is 0.0953. The van der Waals surface area contributed by atoms with E-state index in [-0.39, 0.29) is 5.91 Å². The average Bonchev–Trinajstić information content (AvgIpc) is 3.35. The van der Waals surface area contributed by atoms with Gasteiger partial charge < -0.3 is 14.8 Å². The van der Waals surface area contributed by atoms with Crippen LogP contribution in [0, 0.1) is 0 Å². The number of nitrogens with one attached hydrogen (secondary N) is 1. The van der Waals surface area contributed by atoms with Gasteiger partial charge in [0.1, 0.15) is 11.5 Å². The number of halogens is 1. The van der Waals surface area contributed by atoms with Crippen molar-refractivity contribution in [2.75, 3.05) is 20.8 Å². The van der Waals surface area contributed by atoms with Crippen molar-refractivity contribution in [1.29, 1.82) is 0 Å². The van der Waals surface area contributed by atoms with Gasteiger partial charge in [-0.2, -0.15) is 4.98 Å². The van der Waals surface area contributed by atoms with E-state index in [4.69, 9.17) is 21.1 Å². The molecule has 1 N–H and O–H groups in total. The molecular formula is C21H19ClN4O3S. The number of thiazole rings is 1. The Bertz CT molecular complexity index is 1160. The predicted octanol–water partition coefficient (Wildman–Crippen LogP) is 4.10. The number of fused-ring (bicyclic) bond motifs is 1. The fourth-order valence-corrected chi connectivity index (χ4v) is 3.94.